The summed E-state index contributed by atoms with van der Waals surface area (Å²) in [4.78, 5) is 24.0. The maximum absolute atomic E-state index is 12.1. The lowest BCUT2D eigenvalue weighted by Gasteiger charge is -2.25. The van der Waals surface area contributed by atoms with Crippen LogP contribution in [0.4, 0.5) is 0 Å². The van der Waals surface area contributed by atoms with E-state index in [2.05, 4.69) is 10.6 Å². The highest BCUT2D eigenvalue weighted by Crippen LogP contribution is 2.16. The summed E-state index contributed by atoms with van der Waals surface area (Å²) in [6, 6.07) is 6.52. The van der Waals surface area contributed by atoms with Crippen molar-refractivity contribution in [2.24, 2.45) is 0 Å². The molecule has 0 saturated carbocycles. The van der Waals surface area contributed by atoms with E-state index >= 15 is 0 Å². The van der Waals surface area contributed by atoms with E-state index in [4.69, 9.17) is 0 Å². The Bertz CT molecular complexity index is 687. The molecule has 0 aliphatic carbocycles. The Labute approximate surface area is 129 Å². The van der Waals surface area contributed by atoms with Crippen LogP contribution in [0.25, 0.3) is 0 Å². The number of fused-ring (bicyclic) bond motifs is 1. The molecule has 1 aliphatic rings. The Morgan fingerprint density at radius 1 is 1.41 bits per heavy atom. The highest BCUT2D eigenvalue weighted by Gasteiger charge is 2.28. The first-order valence-electron chi connectivity index (χ1n) is 6.87. The molecule has 0 fully saturated rings. The second-order valence-electron chi connectivity index (χ2n) is 5.26. The standard InChI is InChI=1S/C14H19N3O4S/c1-17(22(2,20)21)8-7-15-14(19)12-9-10-5-3-4-6-11(10)13(18)16-12/h3-6,12H,7-9H2,1-2H3,(H,15,19)(H,16,18)/t12-/m1/s1. The van der Waals surface area contributed by atoms with Gasteiger partial charge in [0.1, 0.15) is 6.04 Å². The number of hydrogen-bond donors (Lipinski definition) is 2. The van der Waals surface area contributed by atoms with Crippen molar-refractivity contribution in [3.05, 3.63) is 35.4 Å². The minimum Gasteiger partial charge on any atom is -0.353 e. The molecule has 0 spiro atoms. The first-order chi connectivity index (χ1) is 10.3. The number of rotatable bonds is 5. The van der Waals surface area contributed by atoms with Crippen molar-refractivity contribution >= 4 is 21.8 Å². The van der Waals surface area contributed by atoms with E-state index in [9.17, 15) is 18.0 Å². The molecule has 8 heteroatoms. The third-order valence-corrected chi connectivity index (χ3v) is 4.91. The highest BCUT2D eigenvalue weighted by atomic mass is 32.2. The fourth-order valence-electron chi connectivity index (χ4n) is 2.21. The van der Waals surface area contributed by atoms with Crippen LogP contribution in [0, 0.1) is 0 Å². The first-order valence-corrected chi connectivity index (χ1v) is 8.71. The van der Waals surface area contributed by atoms with Crippen LogP contribution in [-0.4, -0.2) is 57.0 Å². The molecule has 0 unspecified atom stereocenters. The average Bonchev–Trinajstić information content (AvgIpc) is 2.46. The van der Waals surface area contributed by atoms with Gasteiger partial charge in [0.05, 0.1) is 6.26 Å². The van der Waals surface area contributed by atoms with Crippen molar-refractivity contribution in [2.45, 2.75) is 12.5 Å². The maximum atomic E-state index is 12.1. The van der Waals surface area contributed by atoms with E-state index in [1.807, 2.05) is 12.1 Å². The van der Waals surface area contributed by atoms with Gasteiger partial charge in [0, 0.05) is 32.1 Å². The minimum absolute atomic E-state index is 0.182. The van der Waals surface area contributed by atoms with E-state index in [1.54, 1.807) is 12.1 Å². The van der Waals surface area contributed by atoms with Crippen molar-refractivity contribution in [3.8, 4) is 0 Å². The topological polar surface area (TPSA) is 95.6 Å². The molecule has 2 N–H and O–H groups in total. The third kappa shape index (κ3) is 3.83. The Morgan fingerprint density at radius 3 is 2.77 bits per heavy atom. The van der Waals surface area contributed by atoms with E-state index in [1.165, 1.54) is 7.05 Å². The summed E-state index contributed by atoms with van der Waals surface area (Å²) in [6.07, 6.45) is 1.53. The summed E-state index contributed by atoms with van der Waals surface area (Å²) < 4.78 is 23.6. The van der Waals surface area contributed by atoms with Crippen LogP contribution >= 0.6 is 0 Å². The van der Waals surface area contributed by atoms with Crippen LogP contribution < -0.4 is 10.6 Å². The Kier molecular flexibility index (Phi) is 4.82. The van der Waals surface area contributed by atoms with Crippen molar-refractivity contribution in [3.63, 3.8) is 0 Å². The van der Waals surface area contributed by atoms with Gasteiger partial charge in [-0.1, -0.05) is 18.2 Å². The first kappa shape index (κ1) is 16.4. The van der Waals surface area contributed by atoms with E-state index in [-0.39, 0.29) is 24.9 Å². The van der Waals surface area contributed by atoms with Gasteiger partial charge in [-0.25, -0.2) is 12.7 Å². The molecular formula is C14H19N3O4S. The minimum atomic E-state index is -3.26. The van der Waals surface area contributed by atoms with Gasteiger partial charge in [-0.05, 0) is 11.6 Å². The largest absolute Gasteiger partial charge is 0.353 e. The number of nitrogens with zero attached hydrogens (tertiary/aromatic N) is 1. The predicted molar refractivity (Wildman–Crippen MR) is 81.9 cm³/mol. The molecule has 0 bridgehead atoms. The maximum Gasteiger partial charge on any atom is 0.252 e. The fraction of sp³-hybridized carbons (Fsp3) is 0.429. The molecule has 1 heterocycles. The fourth-order valence-corrected chi connectivity index (χ4v) is 2.63. The van der Waals surface area contributed by atoms with Gasteiger partial charge in [-0.3, -0.25) is 9.59 Å². The third-order valence-electron chi connectivity index (χ3n) is 3.60. The number of carbonyl (C=O) groups excluding carboxylic acids is 2. The van der Waals surface area contributed by atoms with Gasteiger partial charge in [0.2, 0.25) is 15.9 Å². The van der Waals surface area contributed by atoms with Crippen molar-refractivity contribution in [1.82, 2.24) is 14.9 Å². The number of likely N-dealkylation sites (N-methyl/N-ethyl adjacent to an activating group) is 1. The molecule has 1 aliphatic heterocycles. The van der Waals surface area contributed by atoms with Crippen LogP contribution in [0.15, 0.2) is 24.3 Å². The number of nitrogens with one attached hydrogen (secondary N) is 2. The molecule has 1 aromatic carbocycles. The molecule has 2 rings (SSSR count). The molecule has 0 saturated heterocycles. The van der Waals surface area contributed by atoms with E-state index in [0.29, 0.717) is 12.0 Å². The summed E-state index contributed by atoms with van der Waals surface area (Å²) in [6.45, 7) is 0.373. The zero-order valence-electron chi connectivity index (χ0n) is 12.5. The number of carbonyl (C=O) groups is 2. The number of benzene rings is 1. The second kappa shape index (κ2) is 6.45. The lowest BCUT2D eigenvalue weighted by molar-refractivity contribution is -0.123. The quantitative estimate of drug-likeness (QED) is 0.752. The van der Waals surface area contributed by atoms with Crippen LogP contribution in [0.2, 0.25) is 0 Å². The van der Waals surface area contributed by atoms with Crippen LogP contribution in [0.5, 0.6) is 0 Å². The Balaban J connectivity index is 1.91. The summed E-state index contributed by atoms with van der Waals surface area (Å²) in [5.74, 6) is -0.583. The van der Waals surface area contributed by atoms with E-state index in [0.717, 1.165) is 16.1 Å². The molecule has 120 valence electrons. The molecule has 1 atom stereocenters. The monoisotopic (exact) mass is 325 g/mol. The van der Waals surface area contributed by atoms with Crippen molar-refractivity contribution < 1.29 is 18.0 Å². The van der Waals surface area contributed by atoms with E-state index < -0.39 is 16.1 Å². The Hall–Kier alpha value is -1.93. The second-order valence-corrected chi connectivity index (χ2v) is 7.35. The van der Waals surface area contributed by atoms with Gasteiger partial charge in [-0.15, -0.1) is 0 Å². The average molecular weight is 325 g/mol. The number of amides is 2. The molecular weight excluding hydrogens is 306 g/mol. The number of hydrogen-bond acceptors (Lipinski definition) is 4. The number of sulfonamides is 1. The highest BCUT2D eigenvalue weighted by molar-refractivity contribution is 7.88. The van der Waals surface area contributed by atoms with Crippen LogP contribution in [0.3, 0.4) is 0 Å². The van der Waals surface area contributed by atoms with Crippen LogP contribution in [0.1, 0.15) is 15.9 Å². The van der Waals surface area contributed by atoms with Crippen molar-refractivity contribution in [2.75, 3.05) is 26.4 Å². The molecule has 1 aromatic rings. The predicted octanol–water partition coefficient (Wildman–Crippen LogP) is -0.651. The summed E-state index contributed by atoms with van der Waals surface area (Å²) in [5.41, 5.74) is 1.42. The zero-order chi connectivity index (χ0) is 16.3. The van der Waals surface area contributed by atoms with Crippen molar-refractivity contribution in [1.29, 1.82) is 0 Å². The van der Waals surface area contributed by atoms with Gasteiger partial charge in [-0.2, -0.15) is 0 Å². The normalized spacial score (nSPS) is 17.8. The lowest BCUT2D eigenvalue weighted by Crippen LogP contribution is -2.51. The molecule has 7 nitrogen and oxygen atoms in total. The summed E-state index contributed by atoms with van der Waals surface area (Å²) in [5, 5.41) is 5.30. The van der Waals surface area contributed by atoms with Gasteiger partial charge in [0.25, 0.3) is 5.91 Å². The summed E-state index contributed by atoms with van der Waals surface area (Å²) >= 11 is 0. The van der Waals surface area contributed by atoms with Gasteiger partial charge < -0.3 is 10.6 Å². The molecule has 0 aromatic heterocycles. The zero-order valence-corrected chi connectivity index (χ0v) is 13.3. The Morgan fingerprint density at radius 2 is 2.09 bits per heavy atom. The summed E-state index contributed by atoms with van der Waals surface area (Å²) in [7, 11) is -1.82. The van der Waals surface area contributed by atoms with Crippen LogP contribution in [-0.2, 0) is 21.2 Å². The smallest absolute Gasteiger partial charge is 0.252 e. The van der Waals surface area contributed by atoms with Gasteiger partial charge >= 0.3 is 0 Å². The lowest BCUT2D eigenvalue weighted by atomic mass is 9.95. The van der Waals surface area contributed by atoms with Gasteiger partial charge in [0.15, 0.2) is 0 Å². The molecule has 22 heavy (non-hydrogen) atoms. The molecule has 0 radical (unpaired) electrons. The molecule has 2 amide bonds. The SMILES string of the molecule is CN(CCNC(=O)[C@H]1Cc2ccccc2C(=O)N1)S(C)(=O)=O.